The maximum absolute atomic E-state index is 13.3. The molecular weight excluding hydrogens is 213 g/mol. The minimum atomic E-state index is -0.255. The smallest absolute Gasteiger partial charge is 0.146 e. The molecule has 15 heavy (non-hydrogen) atoms. The third-order valence-corrected chi connectivity index (χ3v) is 2.39. The molecule has 3 heteroatoms. The summed E-state index contributed by atoms with van der Waals surface area (Å²) >= 11 is 5.80. The molecule has 1 atom stereocenters. The molecule has 0 aliphatic heterocycles. The number of halogens is 2. The van der Waals surface area contributed by atoms with Gasteiger partial charge >= 0.3 is 0 Å². The number of benzene rings is 1. The van der Waals surface area contributed by atoms with Crippen molar-refractivity contribution in [1.82, 2.24) is 0 Å². The van der Waals surface area contributed by atoms with Gasteiger partial charge in [-0.15, -0.1) is 0 Å². The molecule has 0 saturated carbocycles. The Labute approximate surface area is 95.6 Å². The van der Waals surface area contributed by atoms with Crippen molar-refractivity contribution in [2.45, 2.75) is 33.2 Å². The first-order valence-electron chi connectivity index (χ1n) is 5.20. The van der Waals surface area contributed by atoms with Crippen LogP contribution in [0.4, 0.5) is 10.1 Å². The Morgan fingerprint density at radius 2 is 2.00 bits per heavy atom. The fourth-order valence-corrected chi connectivity index (χ4v) is 1.81. The maximum Gasteiger partial charge on any atom is 0.146 e. The Morgan fingerprint density at radius 1 is 1.33 bits per heavy atom. The number of hydrogen-bond donors (Lipinski definition) is 1. The van der Waals surface area contributed by atoms with Gasteiger partial charge in [0.25, 0.3) is 0 Å². The fourth-order valence-electron chi connectivity index (χ4n) is 1.64. The number of anilines is 1. The molecule has 1 N–H and O–H groups in total. The lowest BCUT2D eigenvalue weighted by molar-refractivity contribution is 0.536. The first-order chi connectivity index (χ1) is 6.99. The van der Waals surface area contributed by atoms with Crippen LogP contribution in [0.15, 0.2) is 18.2 Å². The summed E-state index contributed by atoms with van der Waals surface area (Å²) in [6.07, 6.45) is 1.01. The molecule has 0 aromatic heterocycles. The van der Waals surface area contributed by atoms with Gasteiger partial charge in [0.05, 0.1) is 5.69 Å². The highest BCUT2D eigenvalue weighted by Crippen LogP contribution is 2.21. The second-order valence-corrected chi connectivity index (χ2v) is 4.74. The molecule has 1 aromatic carbocycles. The SMILES string of the molecule is CC(C)CC(C)Nc1cc(Cl)ccc1F. The molecule has 0 aliphatic carbocycles. The van der Waals surface area contributed by atoms with E-state index < -0.39 is 0 Å². The summed E-state index contributed by atoms with van der Waals surface area (Å²) in [7, 11) is 0. The second kappa shape index (κ2) is 5.36. The second-order valence-electron chi connectivity index (χ2n) is 4.30. The van der Waals surface area contributed by atoms with Gasteiger partial charge in [-0.25, -0.2) is 4.39 Å². The topological polar surface area (TPSA) is 12.0 Å². The van der Waals surface area contributed by atoms with E-state index in [1.165, 1.54) is 6.07 Å². The van der Waals surface area contributed by atoms with Crippen molar-refractivity contribution in [3.63, 3.8) is 0 Å². The van der Waals surface area contributed by atoms with Crippen LogP contribution in [0.1, 0.15) is 27.2 Å². The summed E-state index contributed by atoms with van der Waals surface area (Å²) in [6.45, 7) is 6.33. The molecule has 1 aromatic rings. The summed E-state index contributed by atoms with van der Waals surface area (Å²) in [6, 6.07) is 4.80. The van der Waals surface area contributed by atoms with Crippen LogP contribution in [0.3, 0.4) is 0 Å². The van der Waals surface area contributed by atoms with Gasteiger partial charge in [0.1, 0.15) is 5.82 Å². The van der Waals surface area contributed by atoms with E-state index in [1.807, 2.05) is 6.92 Å². The monoisotopic (exact) mass is 229 g/mol. The molecule has 0 spiro atoms. The molecular formula is C12H17ClFN. The van der Waals surface area contributed by atoms with E-state index in [4.69, 9.17) is 11.6 Å². The van der Waals surface area contributed by atoms with Gasteiger partial charge in [-0.05, 0) is 37.5 Å². The van der Waals surface area contributed by atoms with Gasteiger partial charge in [0.15, 0.2) is 0 Å². The third kappa shape index (κ3) is 4.08. The Morgan fingerprint density at radius 3 is 2.60 bits per heavy atom. The largest absolute Gasteiger partial charge is 0.380 e. The quantitative estimate of drug-likeness (QED) is 0.811. The van der Waals surface area contributed by atoms with Crippen molar-refractivity contribution >= 4 is 17.3 Å². The lowest BCUT2D eigenvalue weighted by atomic mass is 10.1. The summed E-state index contributed by atoms with van der Waals surface area (Å²) in [4.78, 5) is 0. The zero-order valence-electron chi connectivity index (χ0n) is 9.35. The standard InChI is InChI=1S/C12H17ClFN/c1-8(2)6-9(3)15-12-7-10(13)4-5-11(12)14/h4-5,7-9,15H,6H2,1-3H3. The molecule has 1 nitrogen and oxygen atoms in total. The van der Waals surface area contributed by atoms with E-state index in [0.717, 1.165) is 6.42 Å². The zero-order valence-corrected chi connectivity index (χ0v) is 10.1. The van der Waals surface area contributed by atoms with E-state index in [2.05, 4.69) is 19.2 Å². The molecule has 0 fully saturated rings. The Hall–Kier alpha value is -0.760. The van der Waals surface area contributed by atoms with Crippen LogP contribution in [0.25, 0.3) is 0 Å². The number of nitrogens with one attached hydrogen (secondary N) is 1. The van der Waals surface area contributed by atoms with Crippen molar-refractivity contribution < 1.29 is 4.39 Å². The van der Waals surface area contributed by atoms with Crippen LogP contribution in [-0.2, 0) is 0 Å². The first kappa shape index (κ1) is 12.3. The van der Waals surface area contributed by atoms with Crippen molar-refractivity contribution in [2.75, 3.05) is 5.32 Å². The lowest BCUT2D eigenvalue weighted by Crippen LogP contribution is -2.18. The Bertz CT molecular complexity index is 325. The molecule has 1 unspecified atom stereocenters. The number of rotatable bonds is 4. The van der Waals surface area contributed by atoms with Crippen molar-refractivity contribution in [3.8, 4) is 0 Å². The van der Waals surface area contributed by atoms with E-state index >= 15 is 0 Å². The summed E-state index contributed by atoms with van der Waals surface area (Å²) < 4.78 is 13.3. The molecule has 84 valence electrons. The summed E-state index contributed by atoms with van der Waals surface area (Å²) in [5.41, 5.74) is 0.482. The average Bonchev–Trinajstić information content (AvgIpc) is 2.10. The summed E-state index contributed by atoms with van der Waals surface area (Å²) in [5, 5.41) is 3.67. The summed E-state index contributed by atoms with van der Waals surface area (Å²) in [5.74, 6) is 0.338. The first-order valence-corrected chi connectivity index (χ1v) is 5.58. The van der Waals surface area contributed by atoms with Gasteiger partial charge in [-0.3, -0.25) is 0 Å². The Kier molecular flexibility index (Phi) is 4.40. The minimum Gasteiger partial charge on any atom is -0.380 e. The lowest BCUT2D eigenvalue weighted by Gasteiger charge is -2.17. The van der Waals surface area contributed by atoms with Crippen LogP contribution in [0.5, 0.6) is 0 Å². The Balaban J connectivity index is 2.67. The van der Waals surface area contributed by atoms with E-state index in [0.29, 0.717) is 16.6 Å². The van der Waals surface area contributed by atoms with E-state index in [1.54, 1.807) is 12.1 Å². The van der Waals surface area contributed by atoms with Gasteiger partial charge in [-0.2, -0.15) is 0 Å². The van der Waals surface area contributed by atoms with Gasteiger partial charge in [0, 0.05) is 11.1 Å². The van der Waals surface area contributed by atoms with Crippen LogP contribution >= 0.6 is 11.6 Å². The van der Waals surface area contributed by atoms with Crippen molar-refractivity contribution in [2.24, 2.45) is 5.92 Å². The van der Waals surface area contributed by atoms with Crippen LogP contribution in [-0.4, -0.2) is 6.04 Å². The molecule has 0 heterocycles. The molecule has 0 amide bonds. The van der Waals surface area contributed by atoms with Gasteiger partial charge in [0.2, 0.25) is 0 Å². The predicted molar refractivity (Wildman–Crippen MR) is 63.9 cm³/mol. The average molecular weight is 230 g/mol. The van der Waals surface area contributed by atoms with Gasteiger partial charge in [-0.1, -0.05) is 25.4 Å². The fraction of sp³-hybridized carbons (Fsp3) is 0.500. The van der Waals surface area contributed by atoms with E-state index in [9.17, 15) is 4.39 Å². The predicted octanol–water partition coefficient (Wildman–Crippen LogP) is 4.33. The minimum absolute atomic E-state index is 0.248. The van der Waals surface area contributed by atoms with Crippen molar-refractivity contribution in [3.05, 3.63) is 29.0 Å². The van der Waals surface area contributed by atoms with Gasteiger partial charge < -0.3 is 5.32 Å². The highest BCUT2D eigenvalue weighted by molar-refractivity contribution is 6.30. The van der Waals surface area contributed by atoms with Crippen LogP contribution in [0.2, 0.25) is 5.02 Å². The zero-order chi connectivity index (χ0) is 11.4. The molecule has 1 rings (SSSR count). The van der Waals surface area contributed by atoms with E-state index in [-0.39, 0.29) is 11.9 Å². The molecule has 0 aliphatic rings. The van der Waals surface area contributed by atoms with Crippen LogP contribution in [0, 0.1) is 11.7 Å². The maximum atomic E-state index is 13.3. The number of hydrogen-bond acceptors (Lipinski definition) is 1. The normalized spacial score (nSPS) is 12.9. The highest BCUT2D eigenvalue weighted by Gasteiger charge is 2.08. The molecule has 0 radical (unpaired) electrons. The highest BCUT2D eigenvalue weighted by atomic mass is 35.5. The van der Waals surface area contributed by atoms with Crippen LogP contribution < -0.4 is 5.32 Å². The molecule has 0 bridgehead atoms. The third-order valence-electron chi connectivity index (χ3n) is 2.16. The molecule has 0 saturated heterocycles. The van der Waals surface area contributed by atoms with Crippen molar-refractivity contribution in [1.29, 1.82) is 0 Å².